The number of aromatic nitrogens is 1. The van der Waals surface area contributed by atoms with Crippen LogP contribution in [0.15, 0.2) is 59.0 Å². The molecule has 0 spiro atoms. The van der Waals surface area contributed by atoms with Crippen molar-refractivity contribution in [1.29, 1.82) is 5.26 Å². The predicted octanol–water partition coefficient (Wildman–Crippen LogP) is 4.52. The third-order valence-corrected chi connectivity index (χ3v) is 3.58. The second-order valence-corrected chi connectivity index (χ2v) is 5.42. The van der Waals surface area contributed by atoms with Crippen LogP contribution < -0.4 is 5.32 Å². The van der Waals surface area contributed by atoms with E-state index in [2.05, 4.69) is 22.4 Å². The first-order chi connectivity index (χ1) is 11.3. The third-order valence-electron chi connectivity index (χ3n) is 3.35. The van der Waals surface area contributed by atoms with Crippen LogP contribution in [0.3, 0.4) is 0 Å². The van der Waals surface area contributed by atoms with Gasteiger partial charge in [-0.3, -0.25) is 0 Å². The smallest absolute Gasteiger partial charge is 0.232 e. The topological polar surface area (TPSA) is 61.9 Å². The summed E-state index contributed by atoms with van der Waals surface area (Å²) in [7, 11) is 0. The van der Waals surface area contributed by atoms with Crippen molar-refractivity contribution < 1.29 is 4.42 Å². The minimum Gasteiger partial charge on any atom is -0.419 e. The highest BCUT2D eigenvalue weighted by molar-refractivity contribution is 6.30. The van der Waals surface area contributed by atoms with Gasteiger partial charge in [0.2, 0.25) is 17.5 Å². The number of nitriles is 1. The van der Waals surface area contributed by atoms with Crippen molar-refractivity contribution in [2.45, 2.75) is 6.42 Å². The molecule has 0 aliphatic heterocycles. The van der Waals surface area contributed by atoms with Gasteiger partial charge < -0.3 is 9.73 Å². The molecule has 4 nitrogen and oxygen atoms in total. The fourth-order valence-corrected chi connectivity index (χ4v) is 2.42. The Balaban J connectivity index is 1.74. The van der Waals surface area contributed by atoms with Gasteiger partial charge in [-0.2, -0.15) is 10.2 Å². The highest BCUT2D eigenvalue weighted by Gasteiger charge is 2.14. The van der Waals surface area contributed by atoms with Crippen LogP contribution >= 0.6 is 11.6 Å². The maximum atomic E-state index is 9.21. The molecule has 0 fully saturated rings. The number of nitrogens with one attached hydrogen (secondary N) is 1. The van der Waals surface area contributed by atoms with Gasteiger partial charge in [0.25, 0.3) is 0 Å². The van der Waals surface area contributed by atoms with E-state index in [-0.39, 0.29) is 5.69 Å². The third kappa shape index (κ3) is 3.71. The standard InChI is InChI=1S/C18H14ClN3O/c19-15-8-4-7-14(11-15)17-22-16(12-20)18(23-17)21-10-9-13-5-2-1-3-6-13/h1-8,11,21H,9-10H2. The van der Waals surface area contributed by atoms with Crippen molar-refractivity contribution in [3.8, 4) is 17.5 Å². The highest BCUT2D eigenvalue weighted by atomic mass is 35.5. The monoisotopic (exact) mass is 323 g/mol. The highest BCUT2D eigenvalue weighted by Crippen LogP contribution is 2.27. The summed E-state index contributed by atoms with van der Waals surface area (Å²) in [4.78, 5) is 4.22. The fraction of sp³-hybridized carbons (Fsp3) is 0.111. The van der Waals surface area contributed by atoms with Gasteiger partial charge in [0.05, 0.1) is 0 Å². The van der Waals surface area contributed by atoms with Gasteiger partial charge in [0.1, 0.15) is 6.07 Å². The predicted molar refractivity (Wildman–Crippen MR) is 90.3 cm³/mol. The number of nitrogens with zero attached hydrogens (tertiary/aromatic N) is 2. The normalized spacial score (nSPS) is 10.3. The summed E-state index contributed by atoms with van der Waals surface area (Å²) in [5, 5.41) is 12.9. The summed E-state index contributed by atoms with van der Waals surface area (Å²) in [6, 6.07) is 19.3. The van der Waals surface area contributed by atoms with Gasteiger partial charge in [0.15, 0.2) is 0 Å². The molecule has 2 aromatic carbocycles. The summed E-state index contributed by atoms with van der Waals surface area (Å²) >= 11 is 5.98. The zero-order valence-electron chi connectivity index (χ0n) is 12.3. The molecule has 5 heteroatoms. The number of rotatable bonds is 5. The van der Waals surface area contributed by atoms with E-state index in [1.807, 2.05) is 36.4 Å². The molecule has 1 N–H and O–H groups in total. The number of anilines is 1. The summed E-state index contributed by atoms with van der Waals surface area (Å²) in [6.45, 7) is 0.656. The minimum atomic E-state index is 0.244. The van der Waals surface area contributed by atoms with Gasteiger partial charge in [-0.05, 0) is 30.2 Å². The molecule has 0 radical (unpaired) electrons. The van der Waals surface area contributed by atoms with Crippen LogP contribution in [0.4, 0.5) is 5.88 Å². The van der Waals surface area contributed by atoms with E-state index in [1.54, 1.807) is 12.1 Å². The van der Waals surface area contributed by atoms with Gasteiger partial charge in [-0.1, -0.05) is 48.0 Å². The quantitative estimate of drug-likeness (QED) is 0.749. The van der Waals surface area contributed by atoms with E-state index in [4.69, 9.17) is 16.0 Å². The molecule has 0 aliphatic carbocycles. The lowest BCUT2D eigenvalue weighted by Crippen LogP contribution is -2.05. The Bertz CT molecular complexity index is 837. The van der Waals surface area contributed by atoms with E-state index < -0.39 is 0 Å². The number of halogens is 1. The Kier molecular flexibility index (Phi) is 4.60. The zero-order chi connectivity index (χ0) is 16.1. The first-order valence-electron chi connectivity index (χ1n) is 7.21. The molecule has 23 heavy (non-hydrogen) atoms. The van der Waals surface area contributed by atoms with Crippen molar-refractivity contribution in [1.82, 2.24) is 4.98 Å². The van der Waals surface area contributed by atoms with Crippen LogP contribution in [0.25, 0.3) is 11.5 Å². The molecule has 0 saturated heterocycles. The molecule has 3 aromatic rings. The molecule has 0 unspecified atom stereocenters. The number of benzene rings is 2. The van der Waals surface area contributed by atoms with Gasteiger partial charge in [0, 0.05) is 17.1 Å². The molecular formula is C18H14ClN3O. The van der Waals surface area contributed by atoms with E-state index in [1.165, 1.54) is 5.56 Å². The second-order valence-electron chi connectivity index (χ2n) is 4.98. The number of oxazole rings is 1. The van der Waals surface area contributed by atoms with E-state index in [0.717, 1.165) is 12.0 Å². The molecule has 1 aromatic heterocycles. The maximum Gasteiger partial charge on any atom is 0.232 e. The first-order valence-corrected chi connectivity index (χ1v) is 7.59. The number of hydrogen-bond acceptors (Lipinski definition) is 4. The summed E-state index contributed by atoms with van der Waals surface area (Å²) in [5.74, 6) is 0.768. The van der Waals surface area contributed by atoms with Gasteiger partial charge in [-0.25, -0.2) is 0 Å². The molecule has 0 amide bonds. The van der Waals surface area contributed by atoms with Crippen LogP contribution in [0.2, 0.25) is 5.02 Å². The SMILES string of the molecule is N#Cc1nc(-c2cccc(Cl)c2)oc1NCCc1ccccc1. The first kappa shape index (κ1) is 15.1. The van der Waals surface area contributed by atoms with Gasteiger partial charge >= 0.3 is 0 Å². The molecule has 0 bridgehead atoms. The lowest BCUT2D eigenvalue weighted by molar-refractivity contribution is 0.585. The van der Waals surface area contributed by atoms with Crippen LogP contribution in [-0.2, 0) is 6.42 Å². The molecule has 114 valence electrons. The van der Waals surface area contributed by atoms with Gasteiger partial charge in [-0.15, -0.1) is 0 Å². The molecule has 1 heterocycles. The van der Waals surface area contributed by atoms with Crippen molar-refractivity contribution >= 4 is 17.5 Å². The zero-order valence-corrected chi connectivity index (χ0v) is 13.0. The van der Waals surface area contributed by atoms with Crippen molar-refractivity contribution in [2.75, 3.05) is 11.9 Å². The second kappa shape index (κ2) is 6.99. The molecular weight excluding hydrogens is 310 g/mol. The summed E-state index contributed by atoms with van der Waals surface area (Å²) in [5.41, 5.74) is 2.20. The Morgan fingerprint density at radius 3 is 2.70 bits per heavy atom. The van der Waals surface area contributed by atoms with Crippen LogP contribution in [0.1, 0.15) is 11.3 Å². The molecule has 0 saturated carbocycles. The Morgan fingerprint density at radius 1 is 1.13 bits per heavy atom. The molecule has 0 aliphatic rings. The van der Waals surface area contributed by atoms with Crippen molar-refractivity contribution in [3.63, 3.8) is 0 Å². The Morgan fingerprint density at radius 2 is 1.96 bits per heavy atom. The van der Waals surface area contributed by atoms with E-state index >= 15 is 0 Å². The van der Waals surface area contributed by atoms with E-state index in [0.29, 0.717) is 23.3 Å². The lowest BCUT2D eigenvalue weighted by Gasteiger charge is -2.03. The minimum absolute atomic E-state index is 0.244. The average molecular weight is 324 g/mol. The van der Waals surface area contributed by atoms with Crippen LogP contribution in [0.5, 0.6) is 0 Å². The average Bonchev–Trinajstić information content (AvgIpc) is 2.99. The maximum absolute atomic E-state index is 9.21. The number of hydrogen-bond donors (Lipinski definition) is 1. The molecule has 0 atom stereocenters. The van der Waals surface area contributed by atoms with Crippen molar-refractivity contribution in [2.24, 2.45) is 0 Å². The van der Waals surface area contributed by atoms with Crippen molar-refractivity contribution in [3.05, 3.63) is 70.9 Å². The Hall–Kier alpha value is -2.77. The Labute approximate surface area is 139 Å². The fourth-order valence-electron chi connectivity index (χ4n) is 2.23. The van der Waals surface area contributed by atoms with E-state index in [9.17, 15) is 5.26 Å². The van der Waals surface area contributed by atoms with Crippen LogP contribution in [0, 0.1) is 11.3 Å². The largest absolute Gasteiger partial charge is 0.419 e. The molecule has 3 rings (SSSR count). The van der Waals surface area contributed by atoms with Crippen LogP contribution in [-0.4, -0.2) is 11.5 Å². The summed E-state index contributed by atoms with van der Waals surface area (Å²) < 4.78 is 5.68. The lowest BCUT2D eigenvalue weighted by atomic mass is 10.1. The summed E-state index contributed by atoms with van der Waals surface area (Å²) in [6.07, 6.45) is 0.832.